The van der Waals surface area contributed by atoms with E-state index in [1.807, 2.05) is 26.8 Å². The maximum Gasteiger partial charge on any atom is 0.250 e. The van der Waals surface area contributed by atoms with Crippen LogP contribution in [0, 0.1) is 11.5 Å². The van der Waals surface area contributed by atoms with Crippen LogP contribution in [0.1, 0.15) is 41.5 Å². The highest BCUT2D eigenvalue weighted by molar-refractivity contribution is 6.09. The summed E-state index contributed by atoms with van der Waals surface area (Å²) in [6.45, 7) is 5.61. The number of hydrogen-bond donors (Lipinski definition) is 3. The Kier molecular flexibility index (Phi) is 3.62. The van der Waals surface area contributed by atoms with Crippen LogP contribution in [-0.4, -0.2) is 31.6 Å². The first kappa shape index (κ1) is 17.0. The summed E-state index contributed by atoms with van der Waals surface area (Å²) < 4.78 is 0. The van der Waals surface area contributed by atoms with Crippen LogP contribution in [0.5, 0.6) is 0 Å². The molecular weight excluding hydrogens is 342 g/mol. The minimum absolute atomic E-state index is 0.00215. The summed E-state index contributed by atoms with van der Waals surface area (Å²) in [5, 5.41) is 0.630. The van der Waals surface area contributed by atoms with Crippen LogP contribution in [0.3, 0.4) is 0 Å². The van der Waals surface area contributed by atoms with Gasteiger partial charge in [0.05, 0.1) is 23.0 Å². The fourth-order valence-electron chi connectivity index (χ4n) is 3.01. The molecule has 135 valence electrons. The number of hydrogen-bond acceptors (Lipinski definition) is 4. The van der Waals surface area contributed by atoms with E-state index in [1.165, 1.54) is 0 Å². The molecule has 4 N–H and O–H groups in total. The van der Waals surface area contributed by atoms with Crippen molar-refractivity contribution in [1.29, 1.82) is 0 Å². The molecule has 0 unspecified atom stereocenters. The number of aromatic nitrogens is 4. The topological polar surface area (TPSA) is 118 Å². The van der Waals surface area contributed by atoms with E-state index >= 15 is 0 Å². The number of rotatable bonds is 3. The zero-order valence-electron chi connectivity index (χ0n) is 15.2. The number of Topliss-reactive ketones (excluding diaryl/α,β-unsaturated/α-hetero) is 1. The Hall–Kier alpha value is -3.48. The van der Waals surface area contributed by atoms with E-state index in [0.717, 1.165) is 11.1 Å². The van der Waals surface area contributed by atoms with Crippen LogP contribution < -0.4 is 5.73 Å². The van der Waals surface area contributed by atoms with Crippen molar-refractivity contribution in [3.8, 4) is 11.3 Å². The van der Waals surface area contributed by atoms with Crippen molar-refractivity contribution in [2.24, 2.45) is 11.1 Å². The van der Waals surface area contributed by atoms with Gasteiger partial charge >= 0.3 is 0 Å². The Bertz CT molecular complexity index is 1210. The average molecular weight is 360 g/mol. The van der Waals surface area contributed by atoms with Crippen molar-refractivity contribution in [1.82, 2.24) is 19.9 Å². The fourth-order valence-corrected chi connectivity index (χ4v) is 3.01. The highest BCUT2D eigenvalue weighted by Gasteiger charge is 2.26. The lowest BCUT2D eigenvalue weighted by Gasteiger charge is -2.15. The number of ketones is 1. The molecule has 0 aliphatic rings. The summed E-state index contributed by atoms with van der Waals surface area (Å²) in [4.78, 5) is 39.2. The molecule has 0 atom stereocenters. The first-order chi connectivity index (χ1) is 12.8. The largest absolute Gasteiger partial charge is 0.366 e. The first-order valence-corrected chi connectivity index (χ1v) is 8.47. The van der Waals surface area contributed by atoms with Gasteiger partial charge in [0.1, 0.15) is 5.52 Å². The van der Waals surface area contributed by atoms with E-state index in [1.54, 1.807) is 24.7 Å². The standard InChI is InChI=1S/C20H18N5O2/c1-20(2,3)17(26)13-8-23-19-16(13)25-15(9-24-19)10-4-5-11-12(18(21)27)7-22-14(11)6-10/h4,6-9,22H,1-3H3,(H2,21,27)(H,23,24). The molecule has 3 aromatic heterocycles. The minimum Gasteiger partial charge on any atom is -0.366 e. The molecule has 0 aliphatic heterocycles. The van der Waals surface area contributed by atoms with Crippen LogP contribution in [0.4, 0.5) is 0 Å². The van der Waals surface area contributed by atoms with Gasteiger partial charge in [0, 0.05) is 34.3 Å². The number of fused-ring (bicyclic) bond motifs is 2. The van der Waals surface area contributed by atoms with E-state index in [2.05, 4.69) is 26.0 Å². The van der Waals surface area contributed by atoms with Gasteiger partial charge in [0.25, 0.3) is 5.91 Å². The smallest absolute Gasteiger partial charge is 0.250 e. The molecule has 1 aromatic carbocycles. The van der Waals surface area contributed by atoms with Crippen molar-refractivity contribution in [2.45, 2.75) is 20.8 Å². The van der Waals surface area contributed by atoms with Crippen LogP contribution in [0.25, 0.3) is 33.3 Å². The predicted molar refractivity (Wildman–Crippen MR) is 102 cm³/mol. The third-order valence-electron chi connectivity index (χ3n) is 4.45. The van der Waals surface area contributed by atoms with Gasteiger partial charge in [-0.15, -0.1) is 0 Å². The van der Waals surface area contributed by atoms with E-state index < -0.39 is 11.3 Å². The lowest BCUT2D eigenvalue weighted by Crippen LogP contribution is -2.20. The molecule has 7 heteroatoms. The molecule has 0 saturated heterocycles. The van der Waals surface area contributed by atoms with Gasteiger partial charge in [-0.05, 0) is 18.2 Å². The number of primary amides is 1. The molecule has 27 heavy (non-hydrogen) atoms. The Balaban J connectivity index is 1.83. The molecule has 0 bridgehead atoms. The first-order valence-electron chi connectivity index (χ1n) is 8.47. The molecule has 0 aliphatic carbocycles. The van der Waals surface area contributed by atoms with E-state index in [0.29, 0.717) is 33.4 Å². The van der Waals surface area contributed by atoms with Crippen LogP contribution in [0.15, 0.2) is 30.7 Å². The maximum absolute atomic E-state index is 12.7. The molecule has 0 fully saturated rings. The second kappa shape index (κ2) is 5.77. The van der Waals surface area contributed by atoms with Gasteiger partial charge in [-0.3, -0.25) is 9.59 Å². The monoisotopic (exact) mass is 360 g/mol. The van der Waals surface area contributed by atoms with Crippen LogP contribution in [0.2, 0.25) is 0 Å². The third-order valence-corrected chi connectivity index (χ3v) is 4.45. The van der Waals surface area contributed by atoms with Crippen LogP contribution in [-0.2, 0) is 0 Å². The Morgan fingerprint density at radius 2 is 1.89 bits per heavy atom. The molecule has 0 spiro atoms. The van der Waals surface area contributed by atoms with E-state index in [4.69, 9.17) is 5.73 Å². The number of H-pyrrole nitrogens is 2. The van der Waals surface area contributed by atoms with Gasteiger partial charge in [-0.2, -0.15) is 0 Å². The average Bonchev–Trinajstić information content (AvgIpc) is 3.23. The van der Waals surface area contributed by atoms with Gasteiger partial charge in [0.15, 0.2) is 11.4 Å². The van der Waals surface area contributed by atoms with Gasteiger partial charge in [0.2, 0.25) is 0 Å². The summed E-state index contributed by atoms with van der Waals surface area (Å²) in [7, 11) is 0. The summed E-state index contributed by atoms with van der Waals surface area (Å²) in [6.07, 6.45) is 4.85. The number of nitrogens with zero attached hydrogens (tertiary/aromatic N) is 2. The predicted octanol–water partition coefficient (Wildman–Crippen LogP) is 3.23. The molecule has 1 amide bonds. The highest BCUT2D eigenvalue weighted by Crippen LogP contribution is 2.28. The van der Waals surface area contributed by atoms with E-state index in [-0.39, 0.29) is 5.78 Å². The zero-order valence-corrected chi connectivity index (χ0v) is 15.2. The normalized spacial score (nSPS) is 12.0. The lowest BCUT2D eigenvalue weighted by atomic mass is 9.87. The van der Waals surface area contributed by atoms with Crippen molar-refractivity contribution in [2.75, 3.05) is 0 Å². The van der Waals surface area contributed by atoms with Crippen LogP contribution >= 0.6 is 0 Å². The number of nitrogens with two attached hydrogens (primary N) is 1. The molecule has 4 aromatic rings. The van der Waals surface area contributed by atoms with Crippen molar-refractivity contribution in [3.05, 3.63) is 47.9 Å². The SMILES string of the molecule is CC(C)(C)C(=O)c1c[nH]c2ncc(-c3c[c]c4c(C(N)=O)c[nH]c4c3)nc12. The molecule has 4 rings (SSSR count). The number of benzene rings is 1. The van der Waals surface area contributed by atoms with Gasteiger partial charge in [-0.1, -0.05) is 20.8 Å². The zero-order chi connectivity index (χ0) is 19.3. The quantitative estimate of drug-likeness (QED) is 0.486. The molecule has 3 heterocycles. The number of aromatic amines is 2. The summed E-state index contributed by atoms with van der Waals surface area (Å²) in [5.41, 5.74) is 8.96. The van der Waals surface area contributed by atoms with Crippen molar-refractivity contribution >= 4 is 33.8 Å². The van der Waals surface area contributed by atoms with Gasteiger partial charge < -0.3 is 15.7 Å². The molecular formula is C20H18N5O2. The summed E-state index contributed by atoms with van der Waals surface area (Å²) >= 11 is 0. The van der Waals surface area contributed by atoms with Gasteiger partial charge in [-0.25, -0.2) is 9.97 Å². The van der Waals surface area contributed by atoms with Crippen molar-refractivity contribution in [3.63, 3.8) is 0 Å². The third kappa shape index (κ3) is 2.77. The minimum atomic E-state index is -0.519. The fraction of sp³-hybridized carbons (Fsp3) is 0.200. The summed E-state index contributed by atoms with van der Waals surface area (Å²) in [5.74, 6) is -0.512. The molecule has 7 nitrogen and oxygen atoms in total. The maximum atomic E-state index is 12.7. The second-order valence-corrected chi connectivity index (χ2v) is 7.48. The molecule has 0 saturated carbocycles. The highest BCUT2D eigenvalue weighted by atomic mass is 16.1. The Morgan fingerprint density at radius 3 is 2.59 bits per heavy atom. The number of carbonyl (C=O) groups is 2. The summed E-state index contributed by atoms with van der Waals surface area (Å²) in [6, 6.07) is 6.66. The van der Waals surface area contributed by atoms with Crippen molar-refractivity contribution < 1.29 is 9.59 Å². The second-order valence-electron chi connectivity index (χ2n) is 7.48. The molecule has 1 radical (unpaired) electrons. The number of nitrogens with one attached hydrogen (secondary N) is 2. The Labute approximate surface area is 155 Å². The number of amides is 1. The lowest BCUT2D eigenvalue weighted by molar-refractivity contribution is 0.0859. The van der Waals surface area contributed by atoms with E-state index in [9.17, 15) is 9.59 Å². The number of carbonyl (C=O) groups excluding carboxylic acids is 2. The Morgan fingerprint density at radius 1 is 1.15 bits per heavy atom.